The van der Waals surface area contributed by atoms with Crippen molar-refractivity contribution in [2.75, 3.05) is 7.11 Å². The molecule has 8 nitrogen and oxygen atoms in total. The van der Waals surface area contributed by atoms with Crippen LogP contribution in [0, 0.1) is 10.1 Å². The molecule has 32 heavy (non-hydrogen) atoms. The number of para-hydroxylation sites is 2. The van der Waals surface area contributed by atoms with E-state index in [1.165, 1.54) is 23.4 Å². The summed E-state index contributed by atoms with van der Waals surface area (Å²) < 4.78 is 12.5. The molecule has 0 unspecified atom stereocenters. The number of methoxy groups -OCH3 is 1. The zero-order chi connectivity index (χ0) is 23.2. The van der Waals surface area contributed by atoms with Crippen LogP contribution in [-0.4, -0.2) is 39.4 Å². The molecule has 168 valence electrons. The van der Waals surface area contributed by atoms with Crippen LogP contribution in [0.25, 0.3) is 10.9 Å². The minimum Gasteiger partial charge on any atom is -0.496 e. The van der Waals surface area contributed by atoms with Gasteiger partial charge in [-0.25, -0.2) is 9.36 Å². The van der Waals surface area contributed by atoms with E-state index in [0.29, 0.717) is 32.8 Å². The van der Waals surface area contributed by atoms with Crippen LogP contribution in [0.2, 0.25) is 0 Å². The molecule has 1 aromatic heterocycles. The van der Waals surface area contributed by atoms with Crippen LogP contribution < -0.4 is 4.74 Å². The Labute approximate surface area is 189 Å². The molecule has 1 aliphatic heterocycles. The maximum atomic E-state index is 13.2. The molecule has 0 bridgehead atoms. The number of ether oxygens (including phenoxy) is 2. The summed E-state index contributed by atoms with van der Waals surface area (Å²) in [7, 11) is 1.49. The number of nitrogens with zero attached hydrogens (tertiary/aromatic N) is 2. The van der Waals surface area contributed by atoms with E-state index in [1.54, 1.807) is 69.3 Å². The SMILES string of the molecule is COc1ccccc1[C@H]1Sc2c(c3ccccc3n2C(=O)OC(C)(C)C)[C@H](O)[C@@H]1[N+](=O)[O-]. The van der Waals surface area contributed by atoms with Crippen molar-refractivity contribution in [3.8, 4) is 5.75 Å². The first-order chi connectivity index (χ1) is 15.1. The summed E-state index contributed by atoms with van der Waals surface area (Å²) in [5, 5.41) is 23.6. The van der Waals surface area contributed by atoms with Gasteiger partial charge in [0.1, 0.15) is 16.6 Å². The van der Waals surface area contributed by atoms with E-state index >= 15 is 0 Å². The molecule has 3 atom stereocenters. The zero-order valence-corrected chi connectivity index (χ0v) is 19.0. The number of fused-ring (bicyclic) bond motifs is 3. The predicted octanol–water partition coefficient (Wildman–Crippen LogP) is 4.96. The summed E-state index contributed by atoms with van der Waals surface area (Å²) in [5.41, 5.74) is 0.733. The second-order valence-electron chi connectivity index (χ2n) is 8.55. The second-order valence-corrected chi connectivity index (χ2v) is 9.68. The number of carbonyl (C=O) groups is 1. The molecule has 2 aromatic carbocycles. The molecule has 1 aliphatic rings. The topological polar surface area (TPSA) is 104 Å². The molecule has 0 spiro atoms. The van der Waals surface area contributed by atoms with Crippen LogP contribution in [0.4, 0.5) is 4.79 Å². The van der Waals surface area contributed by atoms with Gasteiger partial charge in [-0.3, -0.25) is 10.1 Å². The van der Waals surface area contributed by atoms with Gasteiger partial charge in [0.2, 0.25) is 0 Å². The summed E-state index contributed by atoms with van der Waals surface area (Å²) in [5.74, 6) is 0.479. The van der Waals surface area contributed by atoms with Crippen molar-refractivity contribution in [2.24, 2.45) is 0 Å². The molecule has 0 aliphatic carbocycles. The second kappa shape index (κ2) is 8.14. The van der Waals surface area contributed by atoms with E-state index in [2.05, 4.69) is 0 Å². The normalized spacial score (nSPS) is 20.6. The standard InChI is InChI=1S/C23H24N2O6S/c1-23(2,3)31-22(27)24-15-11-7-5-9-13(15)17-19(26)18(25(28)29)20(32-21(17)24)14-10-6-8-12-16(14)30-4/h5-12,18-20,26H,1-4H3/t18-,19-,20+/m0/s1. The minimum atomic E-state index is -1.43. The van der Waals surface area contributed by atoms with Crippen molar-refractivity contribution < 1.29 is 24.3 Å². The monoisotopic (exact) mass is 456 g/mol. The molecule has 3 aromatic rings. The van der Waals surface area contributed by atoms with Crippen molar-refractivity contribution in [3.63, 3.8) is 0 Å². The van der Waals surface area contributed by atoms with Gasteiger partial charge in [0.25, 0.3) is 6.04 Å². The van der Waals surface area contributed by atoms with E-state index < -0.39 is 34.0 Å². The quantitative estimate of drug-likeness (QED) is 0.439. The van der Waals surface area contributed by atoms with Gasteiger partial charge in [-0.1, -0.05) is 48.2 Å². The van der Waals surface area contributed by atoms with E-state index in [9.17, 15) is 20.0 Å². The third-order valence-corrected chi connectivity index (χ3v) is 6.71. The van der Waals surface area contributed by atoms with Crippen LogP contribution in [0.15, 0.2) is 53.6 Å². The summed E-state index contributed by atoms with van der Waals surface area (Å²) >= 11 is 1.17. The van der Waals surface area contributed by atoms with Gasteiger partial charge in [0, 0.05) is 21.4 Å². The Bertz CT molecular complexity index is 1200. The molecule has 4 rings (SSSR count). The van der Waals surface area contributed by atoms with Crippen molar-refractivity contribution in [2.45, 2.75) is 48.8 Å². The number of rotatable bonds is 3. The number of aliphatic hydroxyl groups is 1. The summed E-state index contributed by atoms with van der Waals surface area (Å²) in [4.78, 5) is 24.8. The van der Waals surface area contributed by atoms with Crippen LogP contribution in [-0.2, 0) is 4.74 Å². The molecule has 2 heterocycles. The maximum absolute atomic E-state index is 13.2. The van der Waals surface area contributed by atoms with E-state index in [1.807, 2.05) is 0 Å². The first-order valence-corrected chi connectivity index (χ1v) is 11.0. The molecule has 0 radical (unpaired) electrons. The highest BCUT2D eigenvalue weighted by Gasteiger charge is 2.49. The van der Waals surface area contributed by atoms with Crippen LogP contribution in [0.5, 0.6) is 5.75 Å². The average molecular weight is 457 g/mol. The Hall–Kier alpha value is -3.04. The summed E-state index contributed by atoms with van der Waals surface area (Å²) in [6.45, 7) is 5.31. The Kier molecular flexibility index (Phi) is 5.64. The van der Waals surface area contributed by atoms with Gasteiger partial charge in [-0.15, -0.1) is 0 Å². The van der Waals surface area contributed by atoms with Crippen molar-refractivity contribution in [3.05, 3.63) is 69.8 Å². The van der Waals surface area contributed by atoms with Gasteiger partial charge < -0.3 is 14.6 Å². The lowest BCUT2D eigenvalue weighted by molar-refractivity contribution is -0.536. The fourth-order valence-electron chi connectivity index (χ4n) is 4.03. The van der Waals surface area contributed by atoms with Crippen LogP contribution in [0.1, 0.15) is 43.3 Å². The Morgan fingerprint density at radius 3 is 2.47 bits per heavy atom. The first kappa shape index (κ1) is 22.2. The number of aliphatic hydroxyl groups excluding tert-OH is 1. The molecule has 0 amide bonds. The number of aromatic nitrogens is 1. The van der Waals surface area contributed by atoms with E-state index in [-0.39, 0.29) is 0 Å². The number of nitro groups is 1. The number of benzene rings is 2. The lowest BCUT2D eigenvalue weighted by atomic mass is 9.94. The Morgan fingerprint density at radius 1 is 1.16 bits per heavy atom. The van der Waals surface area contributed by atoms with Crippen molar-refractivity contribution in [1.29, 1.82) is 0 Å². The van der Waals surface area contributed by atoms with E-state index in [0.717, 1.165) is 0 Å². The highest BCUT2D eigenvalue weighted by molar-refractivity contribution is 7.99. The molecule has 1 N–H and O–H groups in total. The van der Waals surface area contributed by atoms with Gasteiger partial charge in [-0.05, 0) is 32.9 Å². The van der Waals surface area contributed by atoms with Gasteiger partial charge >= 0.3 is 6.09 Å². The number of hydrogen-bond donors (Lipinski definition) is 1. The highest BCUT2D eigenvalue weighted by atomic mass is 32.2. The lowest BCUT2D eigenvalue weighted by Gasteiger charge is -2.31. The minimum absolute atomic E-state index is 0.365. The molecule has 9 heteroatoms. The Morgan fingerprint density at radius 2 is 1.81 bits per heavy atom. The smallest absolute Gasteiger partial charge is 0.419 e. The number of carbonyl (C=O) groups excluding carboxylic acids is 1. The molecule has 0 saturated heterocycles. The summed E-state index contributed by atoms with van der Waals surface area (Å²) in [6.07, 6.45) is -2.03. The van der Waals surface area contributed by atoms with Crippen LogP contribution in [0.3, 0.4) is 0 Å². The predicted molar refractivity (Wildman–Crippen MR) is 121 cm³/mol. The van der Waals surface area contributed by atoms with E-state index in [4.69, 9.17) is 9.47 Å². The van der Waals surface area contributed by atoms with Crippen molar-refractivity contribution in [1.82, 2.24) is 4.57 Å². The average Bonchev–Trinajstić information content (AvgIpc) is 3.06. The number of hydrogen-bond acceptors (Lipinski definition) is 7. The molecule has 0 saturated carbocycles. The van der Waals surface area contributed by atoms with Gasteiger partial charge in [0.05, 0.1) is 17.7 Å². The highest BCUT2D eigenvalue weighted by Crippen LogP contribution is 2.54. The fraction of sp³-hybridized carbons (Fsp3) is 0.348. The van der Waals surface area contributed by atoms with Crippen molar-refractivity contribution >= 4 is 28.8 Å². The third-order valence-electron chi connectivity index (χ3n) is 5.30. The molecule has 0 fully saturated rings. The molecular weight excluding hydrogens is 432 g/mol. The number of thioether (sulfide) groups is 1. The zero-order valence-electron chi connectivity index (χ0n) is 18.1. The van der Waals surface area contributed by atoms with Crippen LogP contribution >= 0.6 is 11.8 Å². The first-order valence-electron chi connectivity index (χ1n) is 10.1. The molecular formula is C23H24N2O6S. The largest absolute Gasteiger partial charge is 0.496 e. The van der Waals surface area contributed by atoms with Gasteiger partial charge in [-0.2, -0.15) is 0 Å². The van der Waals surface area contributed by atoms with Gasteiger partial charge in [0.15, 0.2) is 6.10 Å². The Balaban J connectivity index is 1.96. The lowest BCUT2D eigenvalue weighted by Crippen LogP contribution is -2.36. The summed E-state index contributed by atoms with van der Waals surface area (Å²) in [6, 6.07) is 12.7. The maximum Gasteiger partial charge on any atom is 0.419 e. The third kappa shape index (κ3) is 3.71. The fourth-order valence-corrected chi connectivity index (χ4v) is 5.62.